The van der Waals surface area contributed by atoms with Crippen LogP contribution >= 0.6 is 11.3 Å². The second-order valence-electron chi connectivity index (χ2n) is 17.0. The summed E-state index contributed by atoms with van der Waals surface area (Å²) in [6.45, 7) is 9.30. The third kappa shape index (κ3) is 5.16. The van der Waals surface area contributed by atoms with E-state index in [2.05, 4.69) is 37.4 Å². The summed E-state index contributed by atoms with van der Waals surface area (Å²) in [6, 6.07) is 23.6. The summed E-state index contributed by atoms with van der Waals surface area (Å²) in [5.41, 5.74) is 0.234. The van der Waals surface area contributed by atoms with Gasteiger partial charge in [-0.1, -0.05) is 92.7 Å². The Morgan fingerprint density at radius 1 is 0.902 bits per heavy atom. The quantitative estimate of drug-likeness (QED) is 0.162. The smallest absolute Gasteiger partial charge is 0.318 e. The van der Waals surface area contributed by atoms with E-state index in [1.165, 1.54) is 0 Å². The number of nitrogens with zero attached hydrogens (tertiary/aromatic N) is 1. The monoisotopic (exact) mass is 704 g/mol. The lowest BCUT2D eigenvalue weighted by molar-refractivity contribution is -0.174. The van der Waals surface area contributed by atoms with Crippen molar-refractivity contribution in [2.75, 3.05) is 6.54 Å². The van der Waals surface area contributed by atoms with Crippen LogP contribution in [0.5, 0.6) is 0 Å². The highest BCUT2D eigenvalue weighted by atomic mass is 32.1. The topological polar surface area (TPSA) is 89.9 Å². The number of amides is 2. The predicted octanol–water partition coefficient (Wildman–Crippen LogP) is 8.80. The van der Waals surface area contributed by atoms with E-state index in [1.807, 2.05) is 91.5 Å². The van der Waals surface area contributed by atoms with Gasteiger partial charge in [0.05, 0.1) is 29.2 Å². The maximum absolute atomic E-state index is 14.8. The van der Waals surface area contributed by atoms with Crippen molar-refractivity contribution in [1.29, 1.82) is 0 Å². The zero-order valence-electron chi connectivity index (χ0n) is 30.4. The van der Waals surface area contributed by atoms with Crippen molar-refractivity contribution >= 4 is 23.2 Å². The van der Waals surface area contributed by atoms with Gasteiger partial charge in [0, 0.05) is 33.2 Å². The first-order chi connectivity index (χ1) is 24.3. The SMILES string of the molecule is Cc1ccc(C(=O)C2=CC34C=CC25C(CCC2(C)C5CCC2(O)CN(Cc2ccccc2)C(=O)NC(C)c2ccccc2)C3(C)CCC(O)C4)s1. The highest BCUT2D eigenvalue weighted by Gasteiger charge is 2.74. The molecule has 9 unspecified atom stereocenters. The number of Topliss-reactive ketones (excluding diaryl/α,β-unsaturated/α-hetero) is 1. The first-order valence-corrected chi connectivity index (χ1v) is 19.8. The number of aryl methyl sites for hydroxylation is 1. The molecule has 2 aromatic carbocycles. The highest BCUT2D eigenvalue weighted by Crippen LogP contribution is 2.78. The van der Waals surface area contributed by atoms with Crippen LogP contribution in [-0.2, 0) is 6.54 Å². The summed E-state index contributed by atoms with van der Waals surface area (Å²) in [6.07, 6.45) is 12.0. The Morgan fingerprint density at radius 3 is 2.27 bits per heavy atom. The summed E-state index contributed by atoms with van der Waals surface area (Å²) < 4.78 is 0. The number of carbonyl (C=O) groups excluding carboxylic acids is 2. The molecule has 6 aliphatic rings. The van der Waals surface area contributed by atoms with Crippen LogP contribution in [0.1, 0.15) is 97.4 Å². The van der Waals surface area contributed by atoms with Crippen LogP contribution in [0.3, 0.4) is 0 Å². The van der Waals surface area contributed by atoms with Crippen molar-refractivity contribution in [3.8, 4) is 0 Å². The van der Waals surface area contributed by atoms with Crippen molar-refractivity contribution in [2.24, 2.45) is 33.5 Å². The molecule has 1 aromatic heterocycles. The van der Waals surface area contributed by atoms with Gasteiger partial charge >= 0.3 is 6.03 Å². The fourth-order valence-electron chi connectivity index (χ4n) is 11.7. The number of thiophene rings is 1. The van der Waals surface area contributed by atoms with Crippen LogP contribution in [0.25, 0.3) is 0 Å². The number of aliphatic hydroxyl groups is 2. The van der Waals surface area contributed by atoms with Gasteiger partial charge in [-0.3, -0.25) is 4.79 Å². The zero-order chi connectivity index (χ0) is 35.8. The third-order valence-corrected chi connectivity index (χ3v) is 15.5. The second kappa shape index (κ2) is 12.3. The molecule has 9 rings (SSSR count). The molecule has 6 aliphatic carbocycles. The minimum absolute atomic E-state index is 0.0214. The number of hydrogen-bond donors (Lipinski definition) is 3. The lowest BCUT2D eigenvalue weighted by Gasteiger charge is -2.71. The van der Waals surface area contributed by atoms with Crippen LogP contribution in [0.2, 0.25) is 0 Å². The Kier molecular flexibility index (Phi) is 8.32. The lowest BCUT2D eigenvalue weighted by atomic mass is 9.32. The molecular formula is C44H52N2O4S. The molecule has 1 heterocycles. The number of aliphatic hydroxyl groups excluding tert-OH is 1. The molecule has 3 aromatic rings. The number of hydrogen-bond acceptors (Lipinski definition) is 5. The normalized spacial score (nSPS) is 36.7. The van der Waals surface area contributed by atoms with Crippen molar-refractivity contribution in [3.63, 3.8) is 0 Å². The van der Waals surface area contributed by atoms with E-state index in [1.54, 1.807) is 11.3 Å². The van der Waals surface area contributed by atoms with Crippen molar-refractivity contribution in [1.82, 2.24) is 10.2 Å². The average Bonchev–Trinajstić information content (AvgIpc) is 3.68. The Morgan fingerprint density at radius 2 is 1.57 bits per heavy atom. The van der Waals surface area contributed by atoms with Crippen LogP contribution in [0.15, 0.2) is 96.6 Å². The van der Waals surface area contributed by atoms with Gasteiger partial charge in [0.1, 0.15) is 0 Å². The Balaban J connectivity index is 1.17. The molecule has 7 heteroatoms. The average molecular weight is 705 g/mol. The number of nitrogens with one attached hydrogen (secondary N) is 1. The molecule has 2 spiro atoms. The van der Waals surface area contributed by atoms with E-state index in [9.17, 15) is 19.8 Å². The summed E-state index contributed by atoms with van der Waals surface area (Å²) in [4.78, 5) is 32.7. The Bertz CT molecular complexity index is 1890. The molecule has 3 N–H and O–H groups in total. The highest BCUT2D eigenvalue weighted by molar-refractivity contribution is 7.14. The Hall–Kier alpha value is -3.52. The summed E-state index contributed by atoms with van der Waals surface area (Å²) in [5.74, 6) is 0.347. The van der Waals surface area contributed by atoms with Crippen LogP contribution in [-0.4, -0.2) is 45.2 Å². The largest absolute Gasteiger partial charge is 0.393 e. The summed E-state index contributed by atoms with van der Waals surface area (Å²) in [5, 5.41) is 27.3. The van der Waals surface area contributed by atoms with Crippen molar-refractivity contribution < 1.29 is 19.8 Å². The minimum Gasteiger partial charge on any atom is -0.393 e. The summed E-state index contributed by atoms with van der Waals surface area (Å²) in [7, 11) is 0. The number of fused-ring (bicyclic) bond motifs is 1. The maximum Gasteiger partial charge on any atom is 0.318 e. The van der Waals surface area contributed by atoms with Gasteiger partial charge < -0.3 is 20.4 Å². The maximum atomic E-state index is 14.8. The lowest BCUT2D eigenvalue weighted by Crippen LogP contribution is -2.67. The van der Waals surface area contributed by atoms with Gasteiger partial charge in [0.15, 0.2) is 5.78 Å². The van der Waals surface area contributed by atoms with Crippen LogP contribution < -0.4 is 5.32 Å². The number of benzene rings is 2. The molecule has 2 amide bonds. The second-order valence-corrected chi connectivity index (χ2v) is 18.3. The molecule has 9 atom stereocenters. The predicted molar refractivity (Wildman–Crippen MR) is 202 cm³/mol. The van der Waals surface area contributed by atoms with Crippen molar-refractivity contribution in [3.05, 3.63) is 117 Å². The molecule has 268 valence electrons. The first kappa shape index (κ1) is 34.6. The van der Waals surface area contributed by atoms with E-state index in [0.717, 1.165) is 58.6 Å². The minimum atomic E-state index is -1.16. The molecular weight excluding hydrogens is 653 g/mol. The zero-order valence-corrected chi connectivity index (χ0v) is 31.2. The molecule has 2 bridgehead atoms. The van der Waals surface area contributed by atoms with Gasteiger partial charge in [0.25, 0.3) is 0 Å². The number of rotatable bonds is 8. The van der Waals surface area contributed by atoms with Gasteiger partial charge in [-0.05, 0) is 99.3 Å². The first-order valence-electron chi connectivity index (χ1n) is 18.9. The molecule has 0 radical (unpaired) electrons. The third-order valence-electron chi connectivity index (χ3n) is 14.5. The molecule has 6 nitrogen and oxygen atoms in total. The molecule has 3 fully saturated rings. The number of carbonyl (C=O) groups is 2. The fraction of sp³-hybridized carbons (Fsp3) is 0.500. The van der Waals surface area contributed by atoms with E-state index >= 15 is 0 Å². The van der Waals surface area contributed by atoms with Gasteiger partial charge in [-0.15, -0.1) is 11.3 Å². The standard InChI is InChI=1S/C44H52N2O4S/c1-29-15-16-35(51-29)38(48)34-26-42-23-24-44(34)36(40(42,3)20-17-33(47)25-42)18-21-41(4)37(44)19-22-43(41,50)28-46(27-31-11-7-5-8-12-31)39(49)45-30(2)32-13-9-6-10-14-32/h5-16,23-24,26,30,33,36-37,47,50H,17-22,25,27-28H2,1-4H3,(H,45,49). The molecule has 3 saturated carbocycles. The Labute approximate surface area is 306 Å². The van der Waals surface area contributed by atoms with E-state index in [4.69, 9.17) is 0 Å². The van der Waals surface area contributed by atoms with Gasteiger partial charge in [-0.25, -0.2) is 4.79 Å². The summed E-state index contributed by atoms with van der Waals surface area (Å²) >= 11 is 1.55. The molecule has 51 heavy (non-hydrogen) atoms. The van der Waals surface area contributed by atoms with E-state index in [0.29, 0.717) is 19.4 Å². The molecule has 0 saturated heterocycles. The fourth-order valence-corrected chi connectivity index (χ4v) is 12.5. The molecule has 0 aliphatic heterocycles. The van der Waals surface area contributed by atoms with E-state index in [-0.39, 0.29) is 53.2 Å². The van der Waals surface area contributed by atoms with Gasteiger partial charge in [0.2, 0.25) is 0 Å². The number of urea groups is 1. The number of ketones is 1. The van der Waals surface area contributed by atoms with Gasteiger partial charge in [-0.2, -0.15) is 0 Å². The van der Waals surface area contributed by atoms with E-state index < -0.39 is 16.4 Å². The van der Waals surface area contributed by atoms with Crippen LogP contribution in [0.4, 0.5) is 4.79 Å². The number of allylic oxidation sites excluding steroid dienone is 4. The van der Waals surface area contributed by atoms with Crippen molar-refractivity contribution in [2.45, 2.75) is 96.9 Å². The van der Waals surface area contributed by atoms with Crippen LogP contribution in [0, 0.1) is 40.4 Å².